The van der Waals surface area contributed by atoms with Gasteiger partial charge in [-0.15, -0.1) is 0 Å². The standard InChI is InChI=1S/C28H33BO2/c1-27(2)28(3,4)31-29(30-27)23-11-7-10-21-25(23)19-8-5-6-9-20(19)26(21)24-18-13-16-12-17(15-18)22(24)14-16/h5-11,16-18,22,24,26H,12-15H2,1-4H3. The first-order valence-corrected chi connectivity index (χ1v) is 12.4. The van der Waals surface area contributed by atoms with Crippen LogP contribution in [0.4, 0.5) is 0 Å². The van der Waals surface area contributed by atoms with E-state index in [2.05, 4.69) is 70.2 Å². The van der Waals surface area contributed by atoms with Crippen LogP contribution in [0.25, 0.3) is 11.1 Å². The average Bonchev–Trinajstić information content (AvgIpc) is 3.36. The zero-order chi connectivity index (χ0) is 21.1. The molecule has 2 aromatic carbocycles. The Bertz CT molecular complexity index is 1050. The maximum absolute atomic E-state index is 6.53. The largest absolute Gasteiger partial charge is 0.495 e. The van der Waals surface area contributed by atoms with Crippen molar-refractivity contribution in [3.05, 3.63) is 53.6 Å². The van der Waals surface area contributed by atoms with Gasteiger partial charge in [0.1, 0.15) is 0 Å². The average molecular weight is 412 g/mol. The minimum Gasteiger partial charge on any atom is -0.399 e. The van der Waals surface area contributed by atoms with Crippen LogP contribution in [0, 0.1) is 29.6 Å². The van der Waals surface area contributed by atoms with E-state index in [1.807, 2.05) is 0 Å². The van der Waals surface area contributed by atoms with Crippen LogP contribution in [-0.4, -0.2) is 18.3 Å². The molecule has 1 heterocycles. The third kappa shape index (κ3) is 2.43. The van der Waals surface area contributed by atoms with E-state index in [-0.39, 0.29) is 18.3 Å². The van der Waals surface area contributed by atoms with Gasteiger partial charge in [-0.25, -0.2) is 0 Å². The molecule has 0 N–H and O–H groups in total. The molecule has 160 valence electrons. The summed E-state index contributed by atoms with van der Waals surface area (Å²) in [4.78, 5) is 0. The maximum Gasteiger partial charge on any atom is 0.495 e. The second-order valence-corrected chi connectivity index (χ2v) is 12.0. The van der Waals surface area contributed by atoms with E-state index in [1.54, 1.807) is 5.56 Å². The van der Waals surface area contributed by atoms with Gasteiger partial charge in [0.05, 0.1) is 11.2 Å². The fourth-order valence-electron chi connectivity index (χ4n) is 8.21. The quantitative estimate of drug-likeness (QED) is 0.582. The number of hydrogen-bond acceptors (Lipinski definition) is 2. The Hall–Kier alpha value is -1.58. The fraction of sp³-hybridized carbons (Fsp3) is 0.571. The molecule has 5 fully saturated rings. The molecule has 2 aromatic rings. The highest BCUT2D eigenvalue weighted by Gasteiger charge is 2.58. The van der Waals surface area contributed by atoms with Gasteiger partial charge in [-0.3, -0.25) is 0 Å². The van der Waals surface area contributed by atoms with Crippen LogP contribution in [0.3, 0.4) is 0 Å². The molecule has 4 saturated carbocycles. The highest BCUT2D eigenvalue weighted by atomic mass is 16.7. The topological polar surface area (TPSA) is 18.5 Å². The van der Waals surface area contributed by atoms with Gasteiger partial charge in [0, 0.05) is 5.92 Å². The van der Waals surface area contributed by atoms with Crippen LogP contribution in [0.5, 0.6) is 0 Å². The highest BCUT2D eigenvalue weighted by Crippen LogP contribution is 2.66. The summed E-state index contributed by atoms with van der Waals surface area (Å²) in [6, 6.07) is 16.1. The SMILES string of the molecule is CC1(C)OB(c2cccc3c2-c2ccccc2C3C2C3CC4CC(C3)C2C4)OC1(C)C. The van der Waals surface area contributed by atoms with Gasteiger partial charge in [-0.1, -0.05) is 42.5 Å². The van der Waals surface area contributed by atoms with E-state index in [0.717, 1.165) is 29.6 Å². The molecule has 1 aliphatic heterocycles. The van der Waals surface area contributed by atoms with Crippen LogP contribution < -0.4 is 5.46 Å². The van der Waals surface area contributed by atoms with Crippen LogP contribution >= 0.6 is 0 Å². The third-order valence-corrected chi connectivity index (χ3v) is 10.0. The van der Waals surface area contributed by atoms with E-state index in [1.165, 1.54) is 47.8 Å². The van der Waals surface area contributed by atoms with Crippen molar-refractivity contribution in [2.24, 2.45) is 29.6 Å². The molecule has 6 unspecified atom stereocenters. The Morgan fingerprint density at radius 1 is 0.774 bits per heavy atom. The van der Waals surface area contributed by atoms with Gasteiger partial charge < -0.3 is 9.31 Å². The van der Waals surface area contributed by atoms with Gasteiger partial charge in [-0.2, -0.15) is 0 Å². The molecule has 6 atom stereocenters. The molecule has 2 nitrogen and oxygen atoms in total. The number of hydrogen-bond donors (Lipinski definition) is 0. The van der Waals surface area contributed by atoms with Crippen LogP contribution in [0.1, 0.15) is 70.4 Å². The molecule has 6 aliphatic rings. The van der Waals surface area contributed by atoms with Crippen LogP contribution in [0.15, 0.2) is 42.5 Å². The lowest BCUT2D eigenvalue weighted by Crippen LogP contribution is -2.41. The van der Waals surface area contributed by atoms with Gasteiger partial charge in [0.25, 0.3) is 0 Å². The normalized spacial score (nSPS) is 38.0. The van der Waals surface area contributed by atoms with Gasteiger partial charge >= 0.3 is 7.12 Å². The summed E-state index contributed by atoms with van der Waals surface area (Å²) in [5, 5.41) is 0. The zero-order valence-corrected chi connectivity index (χ0v) is 19.2. The molecule has 1 saturated heterocycles. The molecule has 5 aliphatic carbocycles. The highest BCUT2D eigenvalue weighted by molar-refractivity contribution is 6.64. The van der Waals surface area contributed by atoms with E-state index in [4.69, 9.17) is 9.31 Å². The lowest BCUT2D eigenvalue weighted by molar-refractivity contribution is 0.00578. The van der Waals surface area contributed by atoms with Crippen LogP contribution in [-0.2, 0) is 9.31 Å². The van der Waals surface area contributed by atoms with Crippen molar-refractivity contribution >= 4 is 12.6 Å². The summed E-state index contributed by atoms with van der Waals surface area (Å²) in [6.45, 7) is 8.61. The second-order valence-electron chi connectivity index (χ2n) is 12.0. The van der Waals surface area contributed by atoms with Crippen molar-refractivity contribution in [2.45, 2.75) is 70.5 Å². The monoisotopic (exact) mass is 412 g/mol. The van der Waals surface area contributed by atoms with Crippen molar-refractivity contribution in [1.29, 1.82) is 0 Å². The first kappa shape index (κ1) is 18.9. The Morgan fingerprint density at radius 3 is 2.26 bits per heavy atom. The molecule has 8 rings (SSSR count). The molecule has 0 aromatic heterocycles. The van der Waals surface area contributed by atoms with E-state index < -0.39 is 0 Å². The van der Waals surface area contributed by atoms with E-state index in [0.29, 0.717) is 5.92 Å². The predicted octanol–water partition coefficient (Wildman–Crippen LogP) is 5.78. The minimum atomic E-state index is -0.318. The Morgan fingerprint density at radius 2 is 1.48 bits per heavy atom. The van der Waals surface area contributed by atoms with Crippen molar-refractivity contribution in [1.82, 2.24) is 0 Å². The molecular formula is C28H33BO2. The minimum absolute atomic E-state index is 0.303. The zero-order valence-electron chi connectivity index (χ0n) is 19.2. The smallest absolute Gasteiger partial charge is 0.399 e. The van der Waals surface area contributed by atoms with Crippen molar-refractivity contribution in [2.75, 3.05) is 0 Å². The van der Waals surface area contributed by atoms with Crippen molar-refractivity contribution < 1.29 is 9.31 Å². The number of benzene rings is 2. The molecule has 0 radical (unpaired) electrons. The van der Waals surface area contributed by atoms with Gasteiger partial charge in [0.2, 0.25) is 0 Å². The van der Waals surface area contributed by atoms with Crippen LogP contribution in [0.2, 0.25) is 0 Å². The first-order chi connectivity index (χ1) is 14.8. The van der Waals surface area contributed by atoms with Crippen molar-refractivity contribution in [3.8, 4) is 11.1 Å². The van der Waals surface area contributed by atoms with Gasteiger partial charge in [0.15, 0.2) is 0 Å². The molecule has 0 amide bonds. The lowest BCUT2D eigenvalue weighted by atomic mass is 9.67. The lowest BCUT2D eigenvalue weighted by Gasteiger charge is -2.37. The first-order valence-electron chi connectivity index (χ1n) is 12.4. The molecule has 0 spiro atoms. The van der Waals surface area contributed by atoms with Gasteiger partial charge in [-0.05, 0) is 111 Å². The second kappa shape index (κ2) is 6.05. The third-order valence-electron chi connectivity index (χ3n) is 10.0. The molecular weight excluding hydrogens is 379 g/mol. The molecule has 3 heteroatoms. The number of rotatable bonds is 2. The Balaban J connectivity index is 1.37. The molecule has 4 bridgehead atoms. The Labute approximate surface area is 186 Å². The number of fused-ring (bicyclic) bond motifs is 3. The summed E-state index contributed by atoms with van der Waals surface area (Å²) in [6.07, 6.45) is 5.95. The Kier molecular flexibility index (Phi) is 3.70. The van der Waals surface area contributed by atoms with Crippen molar-refractivity contribution in [3.63, 3.8) is 0 Å². The summed E-state index contributed by atoms with van der Waals surface area (Å²) in [5.74, 6) is 5.25. The van der Waals surface area contributed by atoms with E-state index >= 15 is 0 Å². The summed E-state index contributed by atoms with van der Waals surface area (Å²) in [5.41, 5.74) is 6.50. The summed E-state index contributed by atoms with van der Waals surface area (Å²) >= 11 is 0. The summed E-state index contributed by atoms with van der Waals surface area (Å²) < 4.78 is 13.1. The maximum atomic E-state index is 6.53. The van der Waals surface area contributed by atoms with E-state index in [9.17, 15) is 0 Å². The molecule has 31 heavy (non-hydrogen) atoms. The fourth-order valence-corrected chi connectivity index (χ4v) is 8.21. The summed E-state index contributed by atoms with van der Waals surface area (Å²) in [7, 11) is -0.303. The predicted molar refractivity (Wildman–Crippen MR) is 125 cm³/mol.